The number of benzene rings is 2. The first kappa shape index (κ1) is 22.8. The molecule has 0 saturated heterocycles. The van der Waals surface area contributed by atoms with Crippen molar-refractivity contribution in [3.8, 4) is 5.75 Å². The lowest BCUT2D eigenvalue weighted by Gasteiger charge is -2.08. The highest BCUT2D eigenvalue weighted by Crippen LogP contribution is 2.22. The van der Waals surface area contributed by atoms with E-state index in [0.29, 0.717) is 18.0 Å². The number of esters is 1. The SMILES string of the molecule is Cc1ccc(Cn2nc(C)c(C(=O)OCCOc3ccc(S(N)(=O)=O)cc3)c2Cl)cc1. The third-order valence-corrected chi connectivity index (χ3v) is 5.77. The molecule has 0 fully saturated rings. The summed E-state index contributed by atoms with van der Waals surface area (Å²) in [7, 11) is -3.76. The van der Waals surface area contributed by atoms with Gasteiger partial charge in [-0.15, -0.1) is 0 Å². The Morgan fingerprint density at radius 2 is 1.71 bits per heavy atom. The summed E-state index contributed by atoms with van der Waals surface area (Å²) in [6, 6.07) is 13.6. The normalized spacial score (nSPS) is 11.4. The van der Waals surface area contributed by atoms with Crippen LogP contribution < -0.4 is 9.88 Å². The minimum absolute atomic E-state index is 0.0148. The van der Waals surface area contributed by atoms with Gasteiger partial charge in [-0.25, -0.2) is 23.0 Å². The van der Waals surface area contributed by atoms with Crippen LogP contribution in [0, 0.1) is 13.8 Å². The van der Waals surface area contributed by atoms with Crippen LogP contribution in [-0.2, 0) is 21.3 Å². The number of primary sulfonamides is 1. The zero-order valence-corrected chi connectivity index (χ0v) is 18.6. The highest BCUT2D eigenvalue weighted by molar-refractivity contribution is 7.89. The number of sulfonamides is 1. The maximum absolute atomic E-state index is 12.5. The number of carbonyl (C=O) groups excluding carboxylic acids is 1. The molecule has 0 aliphatic rings. The Balaban J connectivity index is 1.56. The summed E-state index contributed by atoms with van der Waals surface area (Å²) in [6.45, 7) is 4.19. The first-order valence-electron chi connectivity index (χ1n) is 9.36. The molecule has 0 aliphatic carbocycles. The number of carbonyl (C=O) groups is 1. The number of ether oxygens (including phenoxy) is 2. The van der Waals surface area contributed by atoms with Gasteiger partial charge in [-0.05, 0) is 43.7 Å². The van der Waals surface area contributed by atoms with Crippen LogP contribution in [0.15, 0.2) is 53.4 Å². The summed E-state index contributed by atoms with van der Waals surface area (Å²) >= 11 is 6.38. The molecular weight excluding hydrogens is 442 g/mol. The van der Waals surface area contributed by atoms with E-state index in [-0.39, 0.29) is 28.8 Å². The van der Waals surface area contributed by atoms with Crippen molar-refractivity contribution in [1.82, 2.24) is 9.78 Å². The molecule has 0 saturated carbocycles. The van der Waals surface area contributed by atoms with Gasteiger partial charge in [-0.1, -0.05) is 41.4 Å². The zero-order valence-electron chi connectivity index (χ0n) is 17.0. The second-order valence-electron chi connectivity index (χ2n) is 6.90. The van der Waals surface area contributed by atoms with E-state index in [4.69, 9.17) is 26.2 Å². The smallest absolute Gasteiger partial charge is 0.343 e. The summed E-state index contributed by atoms with van der Waals surface area (Å²) in [5, 5.41) is 9.61. The molecule has 0 bridgehead atoms. The lowest BCUT2D eigenvalue weighted by atomic mass is 10.1. The maximum atomic E-state index is 12.5. The van der Waals surface area contributed by atoms with Crippen LogP contribution in [0.1, 0.15) is 27.2 Å². The Labute approximate surface area is 185 Å². The van der Waals surface area contributed by atoms with E-state index in [0.717, 1.165) is 11.1 Å². The van der Waals surface area contributed by atoms with Gasteiger partial charge in [-0.2, -0.15) is 5.10 Å². The van der Waals surface area contributed by atoms with Gasteiger partial charge < -0.3 is 9.47 Å². The van der Waals surface area contributed by atoms with Crippen LogP contribution in [0.2, 0.25) is 5.15 Å². The Morgan fingerprint density at radius 3 is 2.32 bits per heavy atom. The van der Waals surface area contributed by atoms with Crippen LogP contribution >= 0.6 is 11.6 Å². The maximum Gasteiger partial charge on any atom is 0.343 e. The number of aromatic nitrogens is 2. The molecule has 2 N–H and O–H groups in total. The van der Waals surface area contributed by atoms with Gasteiger partial charge in [-0.3, -0.25) is 0 Å². The van der Waals surface area contributed by atoms with Crippen LogP contribution in [0.25, 0.3) is 0 Å². The lowest BCUT2D eigenvalue weighted by Crippen LogP contribution is -2.14. The molecule has 2 aromatic carbocycles. The predicted molar refractivity (Wildman–Crippen MR) is 116 cm³/mol. The van der Waals surface area contributed by atoms with E-state index in [1.165, 1.54) is 24.3 Å². The van der Waals surface area contributed by atoms with Gasteiger partial charge in [0.2, 0.25) is 10.0 Å². The largest absolute Gasteiger partial charge is 0.490 e. The summed E-state index contributed by atoms with van der Waals surface area (Å²) in [5.74, 6) is -0.172. The molecule has 164 valence electrons. The summed E-state index contributed by atoms with van der Waals surface area (Å²) in [6.07, 6.45) is 0. The fourth-order valence-corrected chi connectivity index (χ4v) is 3.67. The van der Waals surface area contributed by atoms with E-state index < -0.39 is 16.0 Å². The fourth-order valence-electron chi connectivity index (χ4n) is 2.85. The Kier molecular flexibility index (Phi) is 6.99. The average Bonchev–Trinajstić information content (AvgIpc) is 2.99. The van der Waals surface area contributed by atoms with Gasteiger partial charge in [0.15, 0.2) is 0 Å². The predicted octanol–water partition coefficient (Wildman–Crippen LogP) is 3.08. The fraction of sp³-hybridized carbons (Fsp3) is 0.238. The molecule has 0 unspecified atom stereocenters. The van der Waals surface area contributed by atoms with Crippen LogP contribution in [-0.4, -0.2) is 37.4 Å². The summed E-state index contributed by atoms with van der Waals surface area (Å²) in [4.78, 5) is 12.5. The molecule has 3 aromatic rings. The van der Waals surface area contributed by atoms with E-state index >= 15 is 0 Å². The second kappa shape index (κ2) is 9.51. The quantitative estimate of drug-likeness (QED) is 0.405. The molecule has 1 aromatic heterocycles. The van der Waals surface area contributed by atoms with Gasteiger partial charge in [0.05, 0.1) is 17.1 Å². The number of hydrogen-bond acceptors (Lipinski definition) is 6. The summed E-state index contributed by atoms with van der Waals surface area (Å²) in [5.41, 5.74) is 2.85. The van der Waals surface area contributed by atoms with Crippen molar-refractivity contribution in [3.63, 3.8) is 0 Å². The number of hydrogen-bond donors (Lipinski definition) is 1. The molecular formula is C21H22ClN3O5S. The minimum Gasteiger partial charge on any atom is -0.490 e. The topological polar surface area (TPSA) is 114 Å². The van der Waals surface area contributed by atoms with E-state index in [1.54, 1.807) is 11.6 Å². The highest BCUT2D eigenvalue weighted by Gasteiger charge is 2.21. The number of nitrogens with two attached hydrogens (primary N) is 1. The van der Waals surface area contributed by atoms with Crippen molar-refractivity contribution in [1.29, 1.82) is 0 Å². The first-order chi connectivity index (χ1) is 14.6. The number of halogens is 1. The van der Waals surface area contributed by atoms with Gasteiger partial charge in [0.25, 0.3) is 0 Å². The molecule has 3 rings (SSSR count). The molecule has 0 aliphatic heterocycles. The van der Waals surface area contributed by atoms with Crippen molar-refractivity contribution < 1.29 is 22.7 Å². The van der Waals surface area contributed by atoms with Crippen molar-refractivity contribution in [3.05, 3.63) is 76.1 Å². The minimum atomic E-state index is -3.76. The monoisotopic (exact) mass is 463 g/mol. The summed E-state index contributed by atoms with van der Waals surface area (Å²) < 4.78 is 34.8. The van der Waals surface area contributed by atoms with Crippen molar-refractivity contribution in [2.24, 2.45) is 5.14 Å². The Bertz CT molecular complexity index is 1170. The van der Waals surface area contributed by atoms with E-state index in [1.807, 2.05) is 31.2 Å². The highest BCUT2D eigenvalue weighted by atomic mass is 35.5. The zero-order chi connectivity index (χ0) is 22.6. The molecule has 0 atom stereocenters. The van der Waals surface area contributed by atoms with Crippen molar-refractivity contribution in [2.45, 2.75) is 25.3 Å². The number of aryl methyl sites for hydroxylation is 2. The molecule has 0 radical (unpaired) electrons. The molecule has 10 heteroatoms. The molecule has 0 amide bonds. The first-order valence-corrected chi connectivity index (χ1v) is 11.3. The Hall–Kier alpha value is -2.88. The van der Waals surface area contributed by atoms with Gasteiger partial charge in [0, 0.05) is 0 Å². The average molecular weight is 464 g/mol. The third kappa shape index (κ3) is 5.84. The van der Waals surface area contributed by atoms with E-state index in [2.05, 4.69) is 5.10 Å². The van der Waals surface area contributed by atoms with Crippen molar-refractivity contribution >= 4 is 27.6 Å². The van der Waals surface area contributed by atoms with Gasteiger partial charge >= 0.3 is 5.97 Å². The molecule has 0 spiro atoms. The van der Waals surface area contributed by atoms with Crippen LogP contribution in [0.4, 0.5) is 0 Å². The van der Waals surface area contributed by atoms with Crippen LogP contribution in [0.3, 0.4) is 0 Å². The van der Waals surface area contributed by atoms with Gasteiger partial charge in [0.1, 0.15) is 29.7 Å². The molecule has 8 nitrogen and oxygen atoms in total. The van der Waals surface area contributed by atoms with Crippen molar-refractivity contribution in [2.75, 3.05) is 13.2 Å². The Morgan fingerprint density at radius 1 is 1.06 bits per heavy atom. The van der Waals surface area contributed by atoms with Crippen LogP contribution in [0.5, 0.6) is 5.75 Å². The molecule has 1 heterocycles. The number of nitrogens with zero attached hydrogens (tertiary/aromatic N) is 2. The number of rotatable bonds is 8. The van der Waals surface area contributed by atoms with E-state index in [9.17, 15) is 13.2 Å². The second-order valence-corrected chi connectivity index (χ2v) is 8.81. The third-order valence-electron chi connectivity index (χ3n) is 4.46. The standard InChI is InChI=1S/C21H22ClN3O5S/c1-14-3-5-16(6-4-14)13-25-20(22)19(15(2)24-25)21(26)30-12-11-29-17-7-9-18(10-8-17)31(23,27)28/h3-10H,11-13H2,1-2H3,(H2,23,27,28). The molecule has 31 heavy (non-hydrogen) atoms. The lowest BCUT2D eigenvalue weighted by molar-refractivity contribution is 0.0449.